The molecular weight excluding hydrogens is 298 g/mol. The molecule has 0 unspecified atom stereocenters. The van der Waals surface area contributed by atoms with Crippen LogP contribution in [0.25, 0.3) is 11.1 Å². The van der Waals surface area contributed by atoms with Crippen molar-refractivity contribution in [3.05, 3.63) is 52.1 Å². The smallest absolute Gasteiger partial charge is 0.270 e. The SMILES string of the molecule is COc1ccc(-c2ccc([N+](=O)[O-])cc2S)cc1C1CCC1. The number of hydrogen-bond donors (Lipinski definition) is 1. The van der Waals surface area contributed by atoms with Gasteiger partial charge >= 0.3 is 0 Å². The molecule has 2 aromatic rings. The van der Waals surface area contributed by atoms with E-state index in [4.69, 9.17) is 4.74 Å². The number of non-ortho nitro benzene ring substituents is 1. The van der Waals surface area contributed by atoms with E-state index in [1.807, 2.05) is 12.1 Å². The molecule has 22 heavy (non-hydrogen) atoms. The molecule has 1 aliphatic rings. The van der Waals surface area contributed by atoms with Crippen molar-refractivity contribution in [2.24, 2.45) is 0 Å². The predicted octanol–water partition coefficient (Wildman–Crippen LogP) is 4.83. The summed E-state index contributed by atoms with van der Waals surface area (Å²) in [6.45, 7) is 0. The largest absolute Gasteiger partial charge is 0.496 e. The van der Waals surface area contributed by atoms with Crippen molar-refractivity contribution in [3.63, 3.8) is 0 Å². The lowest BCUT2D eigenvalue weighted by Crippen LogP contribution is -2.10. The lowest BCUT2D eigenvalue weighted by atomic mass is 9.79. The van der Waals surface area contributed by atoms with Crippen LogP contribution in [0.5, 0.6) is 5.75 Å². The number of hydrogen-bond acceptors (Lipinski definition) is 4. The Morgan fingerprint density at radius 1 is 1.23 bits per heavy atom. The number of ether oxygens (including phenoxy) is 1. The zero-order valence-corrected chi connectivity index (χ0v) is 13.2. The van der Waals surface area contributed by atoms with Crippen LogP contribution in [0.3, 0.4) is 0 Å². The van der Waals surface area contributed by atoms with Crippen LogP contribution in [0.15, 0.2) is 41.3 Å². The van der Waals surface area contributed by atoms with Crippen LogP contribution in [0.4, 0.5) is 5.69 Å². The minimum Gasteiger partial charge on any atom is -0.496 e. The third-order valence-corrected chi connectivity index (χ3v) is 4.65. The van der Waals surface area contributed by atoms with Crippen LogP contribution in [-0.4, -0.2) is 12.0 Å². The molecule has 4 nitrogen and oxygen atoms in total. The Balaban J connectivity index is 2.03. The fraction of sp³-hybridized carbons (Fsp3) is 0.294. The molecule has 0 spiro atoms. The summed E-state index contributed by atoms with van der Waals surface area (Å²) in [5.74, 6) is 1.47. The molecule has 0 saturated heterocycles. The van der Waals surface area contributed by atoms with E-state index in [9.17, 15) is 10.1 Å². The predicted molar refractivity (Wildman–Crippen MR) is 88.9 cm³/mol. The van der Waals surface area contributed by atoms with Gasteiger partial charge in [0.25, 0.3) is 5.69 Å². The standard InChI is InChI=1S/C17H17NO3S/c1-21-16-8-5-12(9-15(16)11-3-2-4-11)14-7-6-13(18(19)20)10-17(14)22/h5-11,22H,2-4H2,1H3. The number of thiol groups is 1. The maximum absolute atomic E-state index is 10.8. The minimum absolute atomic E-state index is 0.0569. The highest BCUT2D eigenvalue weighted by Gasteiger charge is 2.23. The van der Waals surface area contributed by atoms with E-state index in [1.54, 1.807) is 13.2 Å². The molecule has 1 aliphatic carbocycles. The Kier molecular flexibility index (Phi) is 4.07. The average molecular weight is 315 g/mol. The molecule has 0 amide bonds. The molecule has 114 valence electrons. The van der Waals surface area contributed by atoms with Crippen LogP contribution in [-0.2, 0) is 0 Å². The zero-order chi connectivity index (χ0) is 15.7. The summed E-state index contributed by atoms with van der Waals surface area (Å²) in [4.78, 5) is 11.0. The third-order valence-electron chi connectivity index (χ3n) is 4.28. The van der Waals surface area contributed by atoms with E-state index in [0.29, 0.717) is 10.8 Å². The molecule has 0 aromatic heterocycles. The number of nitrogens with zero attached hydrogens (tertiary/aromatic N) is 1. The van der Waals surface area contributed by atoms with E-state index >= 15 is 0 Å². The minimum atomic E-state index is -0.405. The number of benzene rings is 2. The number of nitro groups is 1. The number of methoxy groups -OCH3 is 1. The van der Waals surface area contributed by atoms with Gasteiger partial charge in [-0.15, -0.1) is 12.6 Å². The van der Waals surface area contributed by atoms with Crippen molar-refractivity contribution in [2.75, 3.05) is 7.11 Å². The Morgan fingerprint density at radius 3 is 2.55 bits per heavy atom. The number of rotatable bonds is 4. The van der Waals surface area contributed by atoms with Gasteiger partial charge in [-0.05, 0) is 53.6 Å². The van der Waals surface area contributed by atoms with E-state index < -0.39 is 4.92 Å². The van der Waals surface area contributed by atoms with Gasteiger partial charge in [-0.1, -0.05) is 12.5 Å². The van der Waals surface area contributed by atoms with Crippen LogP contribution in [0.1, 0.15) is 30.7 Å². The maximum atomic E-state index is 10.8. The molecule has 0 heterocycles. The normalized spacial score (nSPS) is 14.5. The Morgan fingerprint density at radius 2 is 2.00 bits per heavy atom. The maximum Gasteiger partial charge on any atom is 0.270 e. The van der Waals surface area contributed by atoms with Crippen LogP contribution in [0.2, 0.25) is 0 Å². The molecule has 0 radical (unpaired) electrons. The Hall–Kier alpha value is -2.01. The van der Waals surface area contributed by atoms with Crippen molar-refractivity contribution >= 4 is 18.3 Å². The van der Waals surface area contributed by atoms with Gasteiger partial charge in [-0.25, -0.2) is 0 Å². The first-order valence-electron chi connectivity index (χ1n) is 7.26. The molecule has 3 rings (SSSR count). The van der Waals surface area contributed by atoms with E-state index in [2.05, 4.69) is 18.7 Å². The highest BCUT2D eigenvalue weighted by Crippen LogP contribution is 2.43. The van der Waals surface area contributed by atoms with Gasteiger partial charge in [0.15, 0.2) is 0 Å². The molecule has 0 N–H and O–H groups in total. The highest BCUT2D eigenvalue weighted by atomic mass is 32.1. The van der Waals surface area contributed by atoms with Crippen molar-refractivity contribution in [3.8, 4) is 16.9 Å². The van der Waals surface area contributed by atoms with Gasteiger partial charge in [0.1, 0.15) is 5.75 Å². The Bertz CT molecular complexity index is 726. The van der Waals surface area contributed by atoms with Crippen molar-refractivity contribution in [1.82, 2.24) is 0 Å². The average Bonchev–Trinajstić information content (AvgIpc) is 2.45. The second-order valence-corrected chi connectivity index (χ2v) is 6.02. The second-order valence-electron chi connectivity index (χ2n) is 5.54. The summed E-state index contributed by atoms with van der Waals surface area (Å²) in [6, 6.07) is 10.8. The molecule has 5 heteroatoms. The van der Waals surface area contributed by atoms with Gasteiger partial charge in [-0.3, -0.25) is 10.1 Å². The van der Waals surface area contributed by atoms with Gasteiger partial charge in [0, 0.05) is 17.0 Å². The van der Waals surface area contributed by atoms with Crippen molar-refractivity contribution < 1.29 is 9.66 Å². The third kappa shape index (κ3) is 2.68. The molecule has 0 aliphatic heterocycles. The van der Waals surface area contributed by atoms with Gasteiger partial charge in [-0.2, -0.15) is 0 Å². The second kappa shape index (κ2) is 6.01. The first-order chi connectivity index (χ1) is 10.6. The van der Waals surface area contributed by atoms with E-state index in [-0.39, 0.29) is 5.69 Å². The quantitative estimate of drug-likeness (QED) is 0.499. The van der Waals surface area contributed by atoms with Gasteiger partial charge in [0.2, 0.25) is 0 Å². The fourth-order valence-electron chi connectivity index (χ4n) is 2.82. The van der Waals surface area contributed by atoms with Crippen molar-refractivity contribution in [1.29, 1.82) is 0 Å². The summed E-state index contributed by atoms with van der Waals surface area (Å²) >= 11 is 4.41. The summed E-state index contributed by atoms with van der Waals surface area (Å²) in [6.07, 6.45) is 3.63. The lowest BCUT2D eigenvalue weighted by Gasteiger charge is -2.28. The van der Waals surface area contributed by atoms with E-state index in [1.165, 1.54) is 37.0 Å². The summed E-state index contributed by atoms with van der Waals surface area (Å²) in [5, 5.41) is 10.8. The highest BCUT2D eigenvalue weighted by molar-refractivity contribution is 7.80. The molecule has 0 bridgehead atoms. The monoisotopic (exact) mass is 315 g/mol. The lowest BCUT2D eigenvalue weighted by molar-refractivity contribution is -0.385. The number of nitro benzene ring substituents is 1. The molecule has 2 aromatic carbocycles. The van der Waals surface area contributed by atoms with Crippen LogP contribution in [0, 0.1) is 10.1 Å². The molecule has 1 fully saturated rings. The zero-order valence-electron chi connectivity index (χ0n) is 12.3. The Labute approximate surface area is 134 Å². The fourth-order valence-corrected chi connectivity index (χ4v) is 3.15. The van der Waals surface area contributed by atoms with Gasteiger partial charge < -0.3 is 4.74 Å². The summed E-state index contributed by atoms with van der Waals surface area (Å²) in [7, 11) is 1.69. The topological polar surface area (TPSA) is 52.4 Å². The van der Waals surface area contributed by atoms with Crippen LogP contribution >= 0.6 is 12.6 Å². The summed E-state index contributed by atoms with van der Waals surface area (Å²) < 4.78 is 5.47. The van der Waals surface area contributed by atoms with E-state index in [0.717, 1.165) is 16.9 Å². The first kappa shape index (κ1) is 14.9. The molecular formula is C17H17NO3S. The van der Waals surface area contributed by atoms with Crippen molar-refractivity contribution in [2.45, 2.75) is 30.1 Å². The molecule has 1 saturated carbocycles. The van der Waals surface area contributed by atoms with Crippen LogP contribution < -0.4 is 4.74 Å². The van der Waals surface area contributed by atoms with Gasteiger partial charge in [0.05, 0.1) is 12.0 Å². The molecule has 0 atom stereocenters. The first-order valence-corrected chi connectivity index (χ1v) is 7.70. The summed E-state index contributed by atoms with van der Waals surface area (Å²) in [5.41, 5.74) is 3.19.